The van der Waals surface area contributed by atoms with E-state index in [4.69, 9.17) is 5.73 Å². The van der Waals surface area contributed by atoms with Gasteiger partial charge in [-0.25, -0.2) is 4.98 Å². The molecule has 0 spiro atoms. The molecule has 3 N–H and O–H groups in total. The lowest BCUT2D eigenvalue weighted by molar-refractivity contribution is 0.846. The van der Waals surface area contributed by atoms with Gasteiger partial charge in [0.1, 0.15) is 5.82 Å². The molecule has 0 aliphatic rings. The summed E-state index contributed by atoms with van der Waals surface area (Å²) in [5, 5.41) is 5.35. The number of nitrogens with one attached hydrogen (secondary N) is 1. The third kappa shape index (κ3) is 3.38. The van der Waals surface area contributed by atoms with E-state index in [1.54, 1.807) is 11.3 Å². The van der Waals surface area contributed by atoms with E-state index in [0.29, 0.717) is 0 Å². The number of thiophene rings is 1. The summed E-state index contributed by atoms with van der Waals surface area (Å²) in [6.45, 7) is 6.97. The minimum Gasteiger partial charge on any atom is -0.398 e. The highest BCUT2D eigenvalue weighted by Gasteiger charge is 2.04. The summed E-state index contributed by atoms with van der Waals surface area (Å²) >= 11 is 1.67. The maximum absolute atomic E-state index is 5.85. The first-order valence-corrected chi connectivity index (χ1v) is 7.39. The Bertz CT molecular complexity index is 502. The second-order valence-electron chi connectivity index (χ2n) is 4.23. The molecule has 0 unspecified atom stereocenters. The van der Waals surface area contributed by atoms with E-state index < -0.39 is 0 Å². The highest BCUT2D eigenvalue weighted by molar-refractivity contribution is 7.10. The zero-order valence-electron chi connectivity index (χ0n) is 11.4. The number of nitrogens with two attached hydrogens (primary N) is 1. The van der Waals surface area contributed by atoms with Gasteiger partial charge in [-0.1, -0.05) is 0 Å². The summed E-state index contributed by atoms with van der Waals surface area (Å²) in [7, 11) is 0. The predicted molar refractivity (Wildman–Crippen MR) is 83.9 cm³/mol. The van der Waals surface area contributed by atoms with Gasteiger partial charge in [-0.05, 0) is 37.4 Å². The number of nitrogens with zero attached hydrogens (tertiary/aromatic N) is 2. The lowest BCUT2D eigenvalue weighted by Gasteiger charge is -2.19. The largest absolute Gasteiger partial charge is 0.398 e. The first-order chi connectivity index (χ1) is 9.24. The Morgan fingerprint density at radius 2 is 2.05 bits per heavy atom. The minimum atomic E-state index is 0.746. The highest BCUT2D eigenvalue weighted by Crippen LogP contribution is 2.20. The van der Waals surface area contributed by atoms with Crippen LogP contribution in [-0.4, -0.2) is 18.1 Å². The van der Waals surface area contributed by atoms with E-state index in [1.807, 2.05) is 23.7 Å². The third-order valence-corrected chi connectivity index (χ3v) is 4.00. The first-order valence-electron chi connectivity index (χ1n) is 6.51. The Balaban J connectivity index is 1.97. The van der Waals surface area contributed by atoms with Gasteiger partial charge in [0, 0.05) is 23.7 Å². The van der Waals surface area contributed by atoms with Crippen LogP contribution in [0.15, 0.2) is 29.8 Å². The molecule has 0 aliphatic heterocycles. The molecule has 2 heterocycles. The molecule has 0 bridgehead atoms. The van der Waals surface area contributed by atoms with Crippen LogP contribution in [0.5, 0.6) is 0 Å². The number of hydrogen-bond acceptors (Lipinski definition) is 5. The Labute approximate surface area is 118 Å². The molecule has 19 heavy (non-hydrogen) atoms. The quantitative estimate of drug-likeness (QED) is 0.851. The Morgan fingerprint density at radius 1 is 1.26 bits per heavy atom. The van der Waals surface area contributed by atoms with Gasteiger partial charge >= 0.3 is 0 Å². The zero-order chi connectivity index (χ0) is 13.7. The van der Waals surface area contributed by atoms with E-state index in [2.05, 4.69) is 35.1 Å². The number of anilines is 3. The maximum atomic E-state index is 5.85. The SMILES string of the molecule is CCN(CC)c1ccc(NCc2sccc2N)cn1. The van der Waals surface area contributed by atoms with Crippen molar-refractivity contribution in [3.05, 3.63) is 34.7 Å². The molecule has 0 fully saturated rings. The van der Waals surface area contributed by atoms with Gasteiger partial charge in [0.25, 0.3) is 0 Å². The fraction of sp³-hybridized carbons (Fsp3) is 0.357. The number of rotatable bonds is 6. The maximum Gasteiger partial charge on any atom is 0.128 e. The van der Waals surface area contributed by atoms with Crippen LogP contribution < -0.4 is 16.0 Å². The molecule has 0 aromatic carbocycles. The first kappa shape index (κ1) is 13.7. The summed E-state index contributed by atoms with van der Waals surface area (Å²) < 4.78 is 0. The molecule has 0 aliphatic carbocycles. The molecule has 0 radical (unpaired) electrons. The summed E-state index contributed by atoms with van der Waals surface area (Å²) in [6, 6.07) is 6.04. The smallest absolute Gasteiger partial charge is 0.128 e. The molecule has 102 valence electrons. The fourth-order valence-corrected chi connectivity index (χ4v) is 2.64. The van der Waals surface area contributed by atoms with Crippen molar-refractivity contribution in [2.24, 2.45) is 0 Å². The van der Waals surface area contributed by atoms with E-state index in [1.165, 1.54) is 0 Å². The molecule has 4 nitrogen and oxygen atoms in total. The minimum absolute atomic E-state index is 0.746. The van der Waals surface area contributed by atoms with Gasteiger partial charge in [0.15, 0.2) is 0 Å². The lowest BCUT2D eigenvalue weighted by Crippen LogP contribution is -2.22. The summed E-state index contributed by atoms with van der Waals surface area (Å²) in [5.74, 6) is 1.02. The Morgan fingerprint density at radius 3 is 2.58 bits per heavy atom. The second kappa shape index (κ2) is 6.43. The number of pyridine rings is 1. The van der Waals surface area contributed by atoms with Gasteiger partial charge in [0.2, 0.25) is 0 Å². The third-order valence-electron chi connectivity index (χ3n) is 3.07. The monoisotopic (exact) mass is 276 g/mol. The summed E-state index contributed by atoms with van der Waals surface area (Å²) in [5.41, 5.74) is 7.72. The van der Waals surface area contributed by atoms with Crippen molar-refractivity contribution in [3.63, 3.8) is 0 Å². The lowest BCUT2D eigenvalue weighted by atomic mass is 10.3. The normalized spacial score (nSPS) is 10.4. The molecule has 0 saturated carbocycles. The summed E-state index contributed by atoms with van der Waals surface area (Å²) in [6.07, 6.45) is 1.87. The molecule has 0 atom stereocenters. The predicted octanol–water partition coefficient (Wildman–Crippen LogP) is 3.18. The standard InChI is InChI=1S/C14H20N4S/c1-3-18(4-2)14-6-5-11(9-17-14)16-10-13-12(15)7-8-19-13/h5-9,16H,3-4,10,15H2,1-2H3. The fourth-order valence-electron chi connectivity index (χ4n) is 1.90. The van der Waals surface area contributed by atoms with Crippen LogP contribution in [0.3, 0.4) is 0 Å². The molecule has 5 heteroatoms. The van der Waals surface area contributed by atoms with E-state index in [9.17, 15) is 0 Å². The van der Waals surface area contributed by atoms with Gasteiger partial charge in [0.05, 0.1) is 18.4 Å². The van der Waals surface area contributed by atoms with Crippen LogP contribution in [0.4, 0.5) is 17.2 Å². The summed E-state index contributed by atoms with van der Waals surface area (Å²) in [4.78, 5) is 7.86. The Kier molecular flexibility index (Phi) is 4.63. The number of nitrogen functional groups attached to an aromatic ring is 1. The van der Waals surface area contributed by atoms with Crippen LogP contribution >= 0.6 is 11.3 Å². The van der Waals surface area contributed by atoms with Crippen molar-refractivity contribution in [3.8, 4) is 0 Å². The van der Waals surface area contributed by atoms with Crippen molar-refractivity contribution < 1.29 is 0 Å². The van der Waals surface area contributed by atoms with Crippen molar-refractivity contribution in [2.75, 3.05) is 29.0 Å². The molecule has 2 rings (SSSR count). The molecule has 2 aromatic rings. The zero-order valence-corrected chi connectivity index (χ0v) is 12.2. The molecular weight excluding hydrogens is 256 g/mol. The Hall–Kier alpha value is -1.75. The molecule has 0 saturated heterocycles. The number of aromatic nitrogens is 1. The van der Waals surface area contributed by atoms with Crippen molar-refractivity contribution >= 4 is 28.5 Å². The van der Waals surface area contributed by atoms with Gasteiger partial charge in [-0.2, -0.15) is 0 Å². The van der Waals surface area contributed by atoms with Crippen LogP contribution in [0.1, 0.15) is 18.7 Å². The van der Waals surface area contributed by atoms with E-state index in [-0.39, 0.29) is 0 Å². The van der Waals surface area contributed by atoms with Crippen LogP contribution in [0.25, 0.3) is 0 Å². The van der Waals surface area contributed by atoms with Gasteiger partial charge in [-0.3, -0.25) is 0 Å². The van der Waals surface area contributed by atoms with E-state index in [0.717, 1.165) is 41.7 Å². The topological polar surface area (TPSA) is 54.2 Å². The van der Waals surface area contributed by atoms with Crippen LogP contribution in [0, 0.1) is 0 Å². The van der Waals surface area contributed by atoms with Gasteiger partial charge < -0.3 is 16.0 Å². The second-order valence-corrected chi connectivity index (χ2v) is 5.23. The van der Waals surface area contributed by atoms with Gasteiger partial charge in [-0.15, -0.1) is 11.3 Å². The van der Waals surface area contributed by atoms with Crippen LogP contribution in [-0.2, 0) is 6.54 Å². The average Bonchev–Trinajstić information content (AvgIpc) is 2.85. The average molecular weight is 276 g/mol. The highest BCUT2D eigenvalue weighted by atomic mass is 32.1. The van der Waals surface area contributed by atoms with Crippen molar-refractivity contribution in [1.29, 1.82) is 0 Å². The molecular formula is C14H20N4S. The van der Waals surface area contributed by atoms with Crippen molar-refractivity contribution in [2.45, 2.75) is 20.4 Å². The van der Waals surface area contributed by atoms with Crippen LogP contribution in [0.2, 0.25) is 0 Å². The number of hydrogen-bond donors (Lipinski definition) is 2. The molecule has 2 aromatic heterocycles. The van der Waals surface area contributed by atoms with Crippen molar-refractivity contribution in [1.82, 2.24) is 4.98 Å². The van der Waals surface area contributed by atoms with E-state index >= 15 is 0 Å². The molecule has 0 amide bonds.